The van der Waals surface area contributed by atoms with Gasteiger partial charge in [0.25, 0.3) is 0 Å². The van der Waals surface area contributed by atoms with Crippen LogP contribution in [-0.4, -0.2) is 11.2 Å². The quantitative estimate of drug-likeness (QED) is 0.542. The summed E-state index contributed by atoms with van der Waals surface area (Å²) in [7, 11) is 0. The summed E-state index contributed by atoms with van der Waals surface area (Å²) in [5.41, 5.74) is 0.187. The molecule has 0 N–H and O–H groups in total. The lowest BCUT2D eigenvalue weighted by atomic mass is 9.89. The van der Waals surface area contributed by atoms with E-state index in [9.17, 15) is 0 Å². The van der Waals surface area contributed by atoms with E-state index in [-0.39, 0.29) is 11.2 Å². The molecule has 0 radical (unpaired) electrons. The number of hydrogen-bond donors (Lipinski definition) is 0. The van der Waals surface area contributed by atoms with Crippen molar-refractivity contribution in [2.75, 3.05) is 0 Å². The fourth-order valence-electron chi connectivity index (χ4n) is 1.84. The molecule has 1 heterocycles. The highest BCUT2D eigenvalue weighted by atomic mass is 16.5. The lowest BCUT2D eigenvalue weighted by Gasteiger charge is -2.25. The monoisotopic (exact) mass is 172 g/mol. The van der Waals surface area contributed by atoms with Crippen LogP contribution in [0.5, 0.6) is 0 Å². The Balaban J connectivity index is 0.000000561. The van der Waals surface area contributed by atoms with Crippen LogP contribution in [0.25, 0.3) is 0 Å². The molecule has 0 aromatic rings. The van der Waals surface area contributed by atoms with Crippen LogP contribution in [0.15, 0.2) is 0 Å². The molecular formula is C11H24O. The van der Waals surface area contributed by atoms with Gasteiger partial charge in [0, 0.05) is 0 Å². The van der Waals surface area contributed by atoms with Gasteiger partial charge in [-0.1, -0.05) is 20.8 Å². The molecule has 1 atom stereocenters. The molecule has 0 amide bonds. The maximum atomic E-state index is 5.85. The lowest BCUT2D eigenvalue weighted by Crippen LogP contribution is -2.28. The minimum absolute atomic E-state index is 0.0868. The third-order valence-electron chi connectivity index (χ3n) is 2.52. The number of rotatable bonds is 0. The highest BCUT2D eigenvalue weighted by Crippen LogP contribution is 2.41. The molecule has 1 heteroatoms. The zero-order valence-corrected chi connectivity index (χ0v) is 9.69. The van der Waals surface area contributed by atoms with E-state index in [1.54, 1.807) is 0 Å². The Hall–Kier alpha value is -0.0400. The molecule has 0 spiro atoms. The highest BCUT2D eigenvalue weighted by molar-refractivity contribution is 4.91. The summed E-state index contributed by atoms with van der Waals surface area (Å²) in [6.45, 7) is 14.9. The molecule has 0 bridgehead atoms. The van der Waals surface area contributed by atoms with Crippen LogP contribution in [0.1, 0.15) is 54.9 Å². The van der Waals surface area contributed by atoms with Crippen molar-refractivity contribution >= 4 is 0 Å². The smallest absolute Gasteiger partial charge is 0.0660 e. The van der Waals surface area contributed by atoms with Crippen LogP contribution in [0.4, 0.5) is 0 Å². The molecular weight excluding hydrogens is 148 g/mol. The molecule has 1 unspecified atom stereocenters. The van der Waals surface area contributed by atoms with Gasteiger partial charge < -0.3 is 4.74 Å². The van der Waals surface area contributed by atoms with Crippen molar-refractivity contribution in [2.45, 2.75) is 66.1 Å². The van der Waals surface area contributed by atoms with E-state index in [1.165, 1.54) is 6.42 Å². The Labute approximate surface area is 77.5 Å². The van der Waals surface area contributed by atoms with Gasteiger partial charge in [0.1, 0.15) is 0 Å². The first-order chi connectivity index (χ1) is 5.33. The van der Waals surface area contributed by atoms with Gasteiger partial charge in [0.2, 0.25) is 0 Å². The van der Waals surface area contributed by atoms with Crippen LogP contribution in [0, 0.1) is 5.92 Å². The second-order valence-electron chi connectivity index (χ2n) is 4.57. The summed E-state index contributed by atoms with van der Waals surface area (Å²) in [6.07, 6.45) is 1.18. The van der Waals surface area contributed by atoms with Crippen molar-refractivity contribution in [1.82, 2.24) is 0 Å². The largest absolute Gasteiger partial charge is 0.369 e. The Bertz CT molecular complexity index is 136. The summed E-state index contributed by atoms with van der Waals surface area (Å²) < 4.78 is 5.85. The lowest BCUT2D eigenvalue weighted by molar-refractivity contribution is -0.0729. The fraction of sp³-hybridized carbons (Fsp3) is 1.00. The average Bonchev–Trinajstić information content (AvgIpc) is 2.05. The van der Waals surface area contributed by atoms with E-state index in [4.69, 9.17) is 4.74 Å². The van der Waals surface area contributed by atoms with Gasteiger partial charge in [0.15, 0.2) is 0 Å². The van der Waals surface area contributed by atoms with Crippen LogP contribution in [0.3, 0.4) is 0 Å². The van der Waals surface area contributed by atoms with Crippen LogP contribution < -0.4 is 0 Å². The molecule has 12 heavy (non-hydrogen) atoms. The highest BCUT2D eigenvalue weighted by Gasteiger charge is 2.42. The zero-order valence-electron chi connectivity index (χ0n) is 9.69. The zero-order chi connectivity index (χ0) is 9.99. The van der Waals surface area contributed by atoms with Crippen molar-refractivity contribution in [2.24, 2.45) is 5.92 Å². The van der Waals surface area contributed by atoms with Gasteiger partial charge >= 0.3 is 0 Å². The summed E-state index contributed by atoms with van der Waals surface area (Å²) in [5.74, 6) is 0.683. The van der Waals surface area contributed by atoms with Gasteiger partial charge in [-0.3, -0.25) is 0 Å². The van der Waals surface area contributed by atoms with E-state index >= 15 is 0 Å². The predicted octanol–water partition coefficient (Wildman–Crippen LogP) is 3.63. The van der Waals surface area contributed by atoms with Crippen LogP contribution in [0.2, 0.25) is 0 Å². The molecule has 0 aromatic carbocycles. The summed E-state index contributed by atoms with van der Waals surface area (Å²) in [5, 5.41) is 0. The number of ether oxygens (including phenoxy) is 1. The molecule has 1 aliphatic heterocycles. The Morgan fingerprint density at radius 1 is 1.08 bits per heavy atom. The molecule has 1 rings (SSSR count). The van der Waals surface area contributed by atoms with Gasteiger partial charge in [-0.25, -0.2) is 0 Å². The molecule has 1 aliphatic rings. The third kappa shape index (κ3) is 2.78. The fourth-order valence-corrected chi connectivity index (χ4v) is 1.84. The maximum Gasteiger partial charge on any atom is 0.0660 e. The van der Waals surface area contributed by atoms with E-state index in [0.717, 1.165) is 0 Å². The number of hydrogen-bond acceptors (Lipinski definition) is 1. The van der Waals surface area contributed by atoms with Gasteiger partial charge in [-0.05, 0) is 40.0 Å². The summed E-state index contributed by atoms with van der Waals surface area (Å²) in [4.78, 5) is 0. The molecule has 0 aromatic heterocycles. The molecule has 1 saturated heterocycles. The molecule has 0 aliphatic carbocycles. The molecule has 1 fully saturated rings. The van der Waals surface area contributed by atoms with E-state index in [0.29, 0.717) is 5.92 Å². The third-order valence-corrected chi connectivity index (χ3v) is 2.52. The topological polar surface area (TPSA) is 9.23 Å². The molecule has 0 saturated carbocycles. The first-order valence-electron chi connectivity index (χ1n) is 5.04. The van der Waals surface area contributed by atoms with Crippen LogP contribution in [-0.2, 0) is 4.74 Å². The van der Waals surface area contributed by atoms with Gasteiger partial charge in [0.05, 0.1) is 11.2 Å². The second-order valence-corrected chi connectivity index (χ2v) is 4.57. The minimum Gasteiger partial charge on any atom is -0.369 e. The summed E-state index contributed by atoms with van der Waals surface area (Å²) in [6, 6.07) is 0. The first-order valence-corrected chi connectivity index (χ1v) is 5.04. The van der Waals surface area contributed by atoms with Gasteiger partial charge in [-0.15, -0.1) is 0 Å². The van der Waals surface area contributed by atoms with Crippen LogP contribution >= 0.6 is 0 Å². The summed E-state index contributed by atoms with van der Waals surface area (Å²) >= 11 is 0. The van der Waals surface area contributed by atoms with Gasteiger partial charge in [-0.2, -0.15) is 0 Å². The Kier molecular flexibility index (Phi) is 3.77. The molecule has 1 nitrogen and oxygen atoms in total. The maximum absolute atomic E-state index is 5.85. The van der Waals surface area contributed by atoms with E-state index in [2.05, 4.69) is 34.6 Å². The van der Waals surface area contributed by atoms with Crippen molar-refractivity contribution in [1.29, 1.82) is 0 Å². The van der Waals surface area contributed by atoms with Crippen molar-refractivity contribution < 1.29 is 4.74 Å². The average molecular weight is 172 g/mol. The van der Waals surface area contributed by atoms with Crippen molar-refractivity contribution in [3.8, 4) is 0 Å². The standard InChI is InChI=1S/C9H18O.C2H6/c1-7-6-8(2,3)10-9(7,4)5;1-2/h7H,6H2,1-5H3;1-2H3. The predicted molar refractivity (Wildman–Crippen MR) is 54.4 cm³/mol. The van der Waals surface area contributed by atoms with Crippen molar-refractivity contribution in [3.05, 3.63) is 0 Å². The molecule has 74 valence electrons. The first kappa shape index (κ1) is 12.0. The SMILES string of the molecule is CC.CC1CC(C)(C)OC1(C)C. The Morgan fingerprint density at radius 2 is 1.50 bits per heavy atom. The van der Waals surface area contributed by atoms with E-state index < -0.39 is 0 Å². The van der Waals surface area contributed by atoms with Crippen molar-refractivity contribution in [3.63, 3.8) is 0 Å². The Morgan fingerprint density at radius 3 is 1.58 bits per heavy atom. The second kappa shape index (κ2) is 3.78. The van der Waals surface area contributed by atoms with E-state index in [1.807, 2.05) is 13.8 Å². The normalized spacial score (nSPS) is 30.8. The minimum atomic E-state index is 0.0868.